The van der Waals surface area contributed by atoms with Crippen LogP contribution in [0.5, 0.6) is 5.75 Å². The maximum Gasteiger partial charge on any atom is 0.123 e. The monoisotopic (exact) mass is 289 g/mol. The van der Waals surface area contributed by atoms with E-state index in [9.17, 15) is 9.50 Å². The summed E-state index contributed by atoms with van der Waals surface area (Å²) in [5.74, 6) is 0.402. The van der Waals surface area contributed by atoms with Gasteiger partial charge in [0.25, 0.3) is 0 Å². The van der Waals surface area contributed by atoms with Crippen molar-refractivity contribution >= 4 is 0 Å². The van der Waals surface area contributed by atoms with Crippen molar-refractivity contribution < 1.29 is 14.2 Å². The minimum absolute atomic E-state index is 0.162. The van der Waals surface area contributed by atoms with Crippen molar-refractivity contribution in [3.05, 3.63) is 65.5 Å². The van der Waals surface area contributed by atoms with Gasteiger partial charge in [0.1, 0.15) is 11.6 Å². The van der Waals surface area contributed by atoms with E-state index in [1.165, 1.54) is 12.1 Å². The molecule has 0 heterocycles. The lowest BCUT2D eigenvalue weighted by Gasteiger charge is -2.32. The van der Waals surface area contributed by atoms with E-state index >= 15 is 0 Å². The summed E-state index contributed by atoms with van der Waals surface area (Å²) in [6.45, 7) is 0.0516. The van der Waals surface area contributed by atoms with Crippen LogP contribution in [-0.2, 0) is 11.8 Å². The maximum atomic E-state index is 13.5. The molecule has 0 radical (unpaired) electrons. The quantitative estimate of drug-likeness (QED) is 0.857. The molecule has 0 aliphatic carbocycles. The van der Waals surface area contributed by atoms with Crippen molar-refractivity contribution in [1.82, 2.24) is 0 Å². The lowest BCUT2D eigenvalue weighted by Crippen LogP contribution is -2.41. The molecule has 4 heteroatoms. The van der Waals surface area contributed by atoms with Gasteiger partial charge in [-0.1, -0.05) is 30.3 Å². The number of hydrogen-bond donors (Lipinski definition) is 2. The molecule has 0 amide bonds. The van der Waals surface area contributed by atoms with Gasteiger partial charge in [-0.2, -0.15) is 0 Å². The molecule has 3 nitrogen and oxygen atoms in total. The number of benzene rings is 2. The van der Waals surface area contributed by atoms with E-state index in [1.54, 1.807) is 19.2 Å². The lowest BCUT2D eigenvalue weighted by atomic mass is 9.76. The Balaban J connectivity index is 2.43. The summed E-state index contributed by atoms with van der Waals surface area (Å²) < 4.78 is 18.9. The number of nitrogens with two attached hydrogens (primary N) is 1. The fourth-order valence-electron chi connectivity index (χ4n) is 2.54. The van der Waals surface area contributed by atoms with Crippen LogP contribution in [0.3, 0.4) is 0 Å². The summed E-state index contributed by atoms with van der Waals surface area (Å²) in [4.78, 5) is 0. The fraction of sp³-hybridized carbons (Fsp3) is 0.294. The summed E-state index contributed by atoms with van der Waals surface area (Å²) in [6.07, 6.45) is 0.480. The van der Waals surface area contributed by atoms with Gasteiger partial charge in [-0.3, -0.25) is 0 Å². The molecule has 0 saturated carbocycles. The van der Waals surface area contributed by atoms with Gasteiger partial charge in [0.2, 0.25) is 0 Å². The fourth-order valence-corrected chi connectivity index (χ4v) is 2.54. The van der Waals surface area contributed by atoms with Crippen LogP contribution in [0.1, 0.15) is 11.1 Å². The molecule has 0 bridgehead atoms. The molecule has 1 atom stereocenters. The summed E-state index contributed by atoms with van der Waals surface area (Å²) in [5.41, 5.74) is 6.82. The molecule has 0 aromatic heterocycles. The number of aliphatic hydroxyl groups is 1. The molecule has 112 valence electrons. The first kappa shape index (κ1) is 15.5. The van der Waals surface area contributed by atoms with Gasteiger partial charge in [0.05, 0.1) is 13.7 Å². The molecule has 2 rings (SSSR count). The third-order valence-corrected chi connectivity index (χ3v) is 3.85. The first-order chi connectivity index (χ1) is 10.1. The molecule has 0 aliphatic rings. The molecule has 2 aromatic carbocycles. The summed E-state index contributed by atoms with van der Waals surface area (Å²) in [6, 6.07) is 13.8. The second kappa shape index (κ2) is 6.70. The van der Waals surface area contributed by atoms with E-state index in [0.29, 0.717) is 12.0 Å². The zero-order valence-electron chi connectivity index (χ0n) is 12.1. The lowest BCUT2D eigenvalue weighted by molar-refractivity contribution is 0.195. The number of ether oxygens (including phenoxy) is 1. The number of hydrogen-bond acceptors (Lipinski definition) is 3. The first-order valence-corrected chi connectivity index (χ1v) is 6.84. The van der Waals surface area contributed by atoms with Crippen LogP contribution >= 0.6 is 0 Å². The van der Waals surface area contributed by atoms with Crippen molar-refractivity contribution in [1.29, 1.82) is 0 Å². The zero-order chi connectivity index (χ0) is 15.3. The number of para-hydroxylation sites is 1. The molecule has 0 fully saturated rings. The number of methoxy groups -OCH3 is 1. The number of aliphatic hydroxyl groups excluding tert-OH is 1. The molecule has 3 N–H and O–H groups in total. The highest BCUT2D eigenvalue weighted by molar-refractivity contribution is 5.38. The van der Waals surface area contributed by atoms with Gasteiger partial charge in [0.15, 0.2) is 0 Å². The zero-order valence-corrected chi connectivity index (χ0v) is 12.1. The SMILES string of the molecule is COc1ccccc1CC(CN)(CO)c1cccc(F)c1. The van der Waals surface area contributed by atoms with Crippen LogP contribution in [-0.4, -0.2) is 25.4 Å². The Morgan fingerprint density at radius 1 is 1.19 bits per heavy atom. The van der Waals surface area contributed by atoms with Gasteiger partial charge in [-0.05, 0) is 35.7 Å². The normalized spacial score (nSPS) is 13.7. The van der Waals surface area contributed by atoms with E-state index in [0.717, 1.165) is 11.3 Å². The van der Waals surface area contributed by atoms with Crippen molar-refractivity contribution in [2.24, 2.45) is 5.73 Å². The van der Waals surface area contributed by atoms with E-state index in [1.807, 2.05) is 24.3 Å². The molecular weight excluding hydrogens is 269 g/mol. The smallest absolute Gasteiger partial charge is 0.123 e. The van der Waals surface area contributed by atoms with E-state index in [-0.39, 0.29) is 19.0 Å². The summed E-state index contributed by atoms with van der Waals surface area (Å²) >= 11 is 0. The Kier molecular flexibility index (Phi) is 4.94. The first-order valence-electron chi connectivity index (χ1n) is 6.84. The van der Waals surface area contributed by atoms with Crippen molar-refractivity contribution in [3.8, 4) is 5.75 Å². The van der Waals surface area contributed by atoms with Gasteiger partial charge in [-0.15, -0.1) is 0 Å². The number of rotatable bonds is 6. The molecule has 0 spiro atoms. The largest absolute Gasteiger partial charge is 0.496 e. The molecule has 2 aromatic rings. The standard InChI is InChI=1S/C17H20FNO2/c1-21-16-8-3-2-5-13(16)10-17(11-19,12-20)14-6-4-7-15(18)9-14/h2-9,20H,10-12,19H2,1H3. The van der Waals surface area contributed by atoms with Crippen LogP contribution in [0.2, 0.25) is 0 Å². The Hall–Kier alpha value is -1.91. The van der Waals surface area contributed by atoms with Gasteiger partial charge in [-0.25, -0.2) is 4.39 Å². The van der Waals surface area contributed by atoms with Crippen molar-refractivity contribution in [2.45, 2.75) is 11.8 Å². The Labute approximate surface area is 124 Å². The highest BCUT2D eigenvalue weighted by atomic mass is 19.1. The van der Waals surface area contributed by atoms with Gasteiger partial charge in [0, 0.05) is 12.0 Å². The van der Waals surface area contributed by atoms with Crippen LogP contribution in [0.25, 0.3) is 0 Å². The maximum absolute atomic E-state index is 13.5. The summed E-state index contributed by atoms with van der Waals surface area (Å²) in [5, 5.41) is 9.90. The van der Waals surface area contributed by atoms with Crippen LogP contribution in [0.15, 0.2) is 48.5 Å². The van der Waals surface area contributed by atoms with Crippen LogP contribution in [0, 0.1) is 5.82 Å². The highest BCUT2D eigenvalue weighted by Crippen LogP contribution is 2.31. The van der Waals surface area contributed by atoms with Crippen molar-refractivity contribution in [3.63, 3.8) is 0 Å². The van der Waals surface area contributed by atoms with E-state index in [2.05, 4.69) is 0 Å². The van der Waals surface area contributed by atoms with Crippen LogP contribution < -0.4 is 10.5 Å². The molecule has 0 saturated heterocycles. The van der Waals surface area contributed by atoms with Gasteiger partial charge >= 0.3 is 0 Å². The minimum atomic E-state index is -0.725. The third-order valence-electron chi connectivity index (χ3n) is 3.85. The van der Waals surface area contributed by atoms with Crippen molar-refractivity contribution in [2.75, 3.05) is 20.3 Å². The molecule has 21 heavy (non-hydrogen) atoms. The Bertz CT molecular complexity index is 597. The second-order valence-electron chi connectivity index (χ2n) is 5.14. The van der Waals surface area contributed by atoms with E-state index in [4.69, 9.17) is 10.5 Å². The van der Waals surface area contributed by atoms with Gasteiger partial charge < -0.3 is 15.6 Å². The minimum Gasteiger partial charge on any atom is -0.496 e. The topological polar surface area (TPSA) is 55.5 Å². The molecular formula is C17H20FNO2. The molecule has 1 unspecified atom stereocenters. The Morgan fingerprint density at radius 2 is 1.95 bits per heavy atom. The number of halogens is 1. The second-order valence-corrected chi connectivity index (χ2v) is 5.14. The Morgan fingerprint density at radius 3 is 2.57 bits per heavy atom. The summed E-state index contributed by atoms with van der Waals surface area (Å²) in [7, 11) is 1.60. The van der Waals surface area contributed by atoms with Crippen LogP contribution in [0.4, 0.5) is 4.39 Å². The average molecular weight is 289 g/mol. The third kappa shape index (κ3) is 3.23. The predicted molar refractivity (Wildman–Crippen MR) is 80.9 cm³/mol. The molecule has 0 aliphatic heterocycles. The van der Waals surface area contributed by atoms with E-state index < -0.39 is 5.41 Å². The predicted octanol–water partition coefficient (Wildman–Crippen LogP) is 2.27. The average Bonchev–Trinajstić information content (AvgIpc) is 2.53. The highest BCUT2D eigenvalue weighted by Gasteiger charge is 2.31.